The summed E-state index contributed by atoms with van der Waals surface area (Å²) < 4.78 is 12.5. The third-order valence-electron chi connectivity index (χ3n) is 1.93. The number of halogens is 1. The van der Waals surface area contributed by atoms with Gasteiger partial charge in [-0.3, -0.25) is 4.57 Å². The summed E-state index contributed by atoms with van der Waals surface area (Å²) in [6.07, 6.45) is 2.86. The first kappa shape index (κ1) is 16.7. The maximum Gasteiger partial charge on any atom is 0.213 e. The van der Waals surface area contributed by atoms with Gasteiger partial charge in [-0.15, -0.1) is 0 Å². The summed E-state index contributed by atoms with van der Waals surface area (Å²) in [5, 5.41) is 0.648. The molecule has 0 unspecified atom stereocenters. The van der Waals surface area contributed by atoms with Crippen molar-refractivity contribution in [3.8, 4) is 0 Å². The predicted octanol–water partition coefficient (Wildman–Crippen LogP) is 6.12. The van der Waals surface area contributed by atoms with Crippen molar-refractivity contribution in [3.05, 3.63) is 22.5 Å². The summed E-state index contributed by atoms with van der Waals surface area (Å²) in [5.74, 6) is 3.46. The zero-order valence-corrected chi connectivity index (χ0v) is 13.6. The molecule has 0 saturated carbocycles. The first-order chi connectivity index (χ1) is 7.52. The summed E-state index contributed by atoms with van der Waals surface area (Å²) in [7, 11) is 0. The first-order valence-corrected chi connectivity index (χ1v) is 10.8. The zero-order valence-electron chi connectivity index (χ0n) is 10.3. The van der Waals surface area contributed by atoms with Gasteiger partial charge in [0.2, 0.25) is 5.55 Å². The molecule has 0 N–H and O–H groups in total. The largest absolute Gasteiger partial charge is 0.296 e. The molecule has 0 rings (SSSR count). The Morgan fingerprint density at radius 1 is 1.25 bits per heavy atom. The van der Waals surface area contributed by atoms with Gasteiger partial charge in [0.25, 0.3) is 0 Å². The third-order valence-corrected chi connectivity index (χ3v) is 10.5. The van der Waals surface area contributed by atoms with Gasteiger partial charge in [0.15, 0.2) is 0 Å². The molecule has 0 aromatic rings. The van der Waals surface area contributed by atoms with Crippen LogP contribution in [0.4, 0.5) is 0 Å². The lowest BCUT2D eigenvalue weighted by molar-refractivity contribution is 0.598. The first-order valence-electron chi connectivity index (χ1n) is 5.45. The fraction of sp³-hybridized carbons (Fsp3) is 0.636. The molecule has 0 saturated heterocycles. The van der Waals surface area contributed by atoms with Gasteiger partial charge in [0.1, 0.15) is 0 Å². The van der Waals surface area contributed by atoms with E-state index in [1.54, 1.807) is 5.82 Å². The van der Waals surface area contributed by atoms with Gasteiger partial charge >= 0.3 is 0 Å². The van der Waals surface area contributed by atoms with E-state index in [1.807, 2.05) is 26.8 Å². The topological polar surface area (TPSA) is 17.1 Å². The minimum Gasteiger partial charge on any atom is -0.296 e. The van der Waals surface area contributed by atoms with Crippen molar-refractivity contribution < 1.29 is 4.57 Å². The van der Waals surface area contributed by atoms with Gasteiger partial charge in [-0.2, -0.15) is 0 Å². The molecule has 94 valence electrons. The van der Waals surface area contributed by atoms with Crippen molar-refractivity contribution in [2.45, 2.75) is 34.1 Å². The van der Waals surface area contributed by atoms with Crippen LogP contribution in [0, 0.1) is 0 Å². The molecule has 16 heavy (non-hydrogen) atoms. The van der Waals surface area contributed by atoms with Crippen LogP contribution in [-0.4, -0.2) is 11.5 Å². The highest BCUT2D eigenvalue weighted by atomic mass is 35.5. The molecule has 0 heterocycles. The molecule has 0 radical (unpaired) electrons. The second-order valence-corrected chi connectivity index (χ2v) is 11.9. The molecule has 0 aliphatic rings. The lowest BCUT2D eigenvalue weighted by Gasteiger charge is -2.12. The smallest absolute Gasteiger partial charge is 0.213 e. The van der Waals surface area contributed by atoms with Crippen LogP contribution in [0.3, 0.4) is 0 Å². The second kappa shape index (κ2) is 8.74. The van der Waals surface area contributed by atoms with Crippen LogP contribution in [0.5, 0.6) is 0 Å². The Labute approximate surface area is 112 Å². The van der Waals surface area contributed by atoms with E-state index in [0.717, 1.165) is 23.5 Å². The fourth-order valence-corrected chi connectivity index (χ4v) is 9.62. The number of hydrogen-bond acceptors (Lipinski definition) is 3. The molecule has 0 spiro atoms. The quantitative estimate of drug-likeness (QED) is 0.416. The van der Waals surface area contributed by atoms with Crippen LogP contribution in [0.2, 0.25) is 0 Å². The molecular formula is C11H20ClOPS2. The van der Waals surface area contributed by atoms with Gasteiger partial charge in [0, 0.05) is 10.8 Å². The SMILES string of the molecule is C/C=C(\CC)C(Cl)=CP(=O)(SCC)SCC. The highest BCUT2D eigenvalue weighted by Gasteiger charge is 2.20. The van der Waals surface area contributed by atoms with Crippen molar-refractivity contribution in [3.63, 3.8) is 0 Å². The highest BCUT2D eigenvalue weighted by Crippen LogP contribution is 2.70. The molecular weight excluding hydrogens is 279 g/mol. The number of rotatable bonds is 7. The molecule has 0 aliphatic heterocycles. The molecule has 1 nitrogen and oxygen atoms in total. The van der Waals surface area contributed by atoms with E-state index >= 15 is 0 Å². The second-order valence-electron chi connectivity index (χ2n) is 3.02. The van der Waals surface area contributed by atoms with Crippen molar-refractivity contribution in [1.29, 1.82) is 0 Å². The maximum absolute atomic E-state index is 12.5. The Morgan fingerprint density at radius 2 is 1.75 bits per heavy atom. The average molecular weight is 299 g/mol. The van der Waals surface area contributed by atoms with Gasteiger partial charge < -0.3 is 0 Å². The van der Waals surface area contributed by atoms with Crippen LogP contribution in [0.1, 0.15) is 34.1 Å². The Morgan fingerprint density at radius 3 is 2.06 bits per heavy atom. The molecule has 0 atom stereocenters. The standard InChI is InChI=1S/C11H20ClOPS2/c1-5-10(6-2)11(12)9-14(13,15-7-3)16-8-4/h5,9H,6-8H2,1-4H3/b10-5+,11-9?. The summed E-state index contributed by atoms with van der Waals surface area (Å²) in [6, 6.07) is 0. The van der Waals surface area contributed by atoms with Gasteiger partial charge in [-0.1, -0.05) is 61.2 Å². The lowest BCUT2D eigenvalue weighted by Crippen LogP contribution is -1.81. The minimum atomic E-state index is -2.36. The van der Waals surface area contributed by atoms with Crippen LogP contribution in [0.15, 0.2) is 22.5 Å². The van der Waals surface area contributed by atoms with Gasteiger partial charge in [-0.25, -0.2) is 0 Å². The molecule has 5 heteroatoms. The van der Waals surface area contributed by atoms with Crippen LogP contribution < -0.4 is 0 Å². The van der Waals surface area contributed by atoms with E-state index in [0.29, 0.717) is 5.03 Å². The third kappa shape index (κ3) is 5.86. The number of allylic oxidation sites excluding steroid dienone is 3. The van der Waals surface area contributed by atoms with Crippen LogP contribution in [-0.2, 0) is 4.57 Å². The Balaban J connectivity index is 4.97. The summed E-state index contributed by atoms with van der Waals surface area (Å²) in [5.41, 5.74) is -1.29. The molecule has 0 aliphatic carbocycles. The maximum atomic E-state index is 12.5. The van der Waals surface area contributed by atoms with E-state index in [2.05, 4.69) is 6.92 Å². The van der Waals surface area contributed by atoms with E-state index in [4.69, 9.17) is 11.6 Å². The summed E-state index contributed by atoms with van der Waals surface area (Å²) >= 11 is 9.20. The molecule has 0 aromatic carbocycles. The van der Waals surface area contributed by atoms with E-state index in [1.165, 1.54) is 22.8 Å². The monoisotopic (exact) mass is 298 g/mol. The van der Waals surface area contributed by atoms with Gasteiger partial charge in [-0.05, 0) is 30.4 Å². The lowest BCUT2D eigenvalue weighted by atomic mass is 10.2. The van der Waals surface area contributed by atoms with Gasteiger partial charge in [0.05, 0.1) is 0 Å². The van der Waals surface area contributed by atoms with Crippen molar-refractivity contribution in [1.82, 2.24) is 0 Å². The van der Waals surface area contributed by atoms with Crippen LogP contribution >= 0.6 is 39.9 Å². The molecule has 0 aromatic heterocycles. The average Bonchev–Trinajstić information content (AvgIpc) is 2.19. The predicted molar refractivity (Wildman–Crippen MR) is 81.9 cm³/mol. The summed E-state index contributed by atoms with van der Waals surface area (Å²) in [6.45, 7) is 8.05. The molecule has 0 amide bonds. The van der Waals surface area contributed by atoms with Crippen molar-refractivity contribution in [2.75, 3.05) is 11.5 Å². The normalized spacial score (nSPS) is 14.3. The Hall–Kier alpha value is 0.700. The van der Waals surface area contributed by atoms with Crippen molar-refractivity contribution >= 4 is 39.9 Å². The molecule has 0 fully saturated rings. The van der Waals surface area contributed by atoms with E-state index in [-0.39, 0.29) is 0 Å². The highest BCUT2D eigenvalue weighted by molar-refractivity contribution is 8.91. The Bertz CT molecular complexity index is 303. The fourth-order valence-electron chi connectivity index (χ4n) is 1.20. The summed E-state index contributed by atoms with van der Waals surface area (Å²) in [4.78, 5) is 0. The van der Waals surface area contributed by atoms with Crippen molar-refractivity contribution in [2.24, 2.45) is 0 Å². The van der Waals surface area contributed by atoms with E-state index in [9.17, 15) is 4.57 Å². The van der Waals surface area contributed by atoms with E-state index < -0.39 is 5.55 Å². The zero-order chi connectivity index (χ0) is 12.6. The minimum absolute atomic E-state index is 0.648. The van der Waals surface area contributed by atoms with Crippen LogP contribution in [0.25, 0.3) is 0 Å². The Kier molecular flexibility index (Phi) is 9.12. The number of hydrogen-bond donors (Lipinski definition) is 0. The molecule has 0 bridgehead atoms.